The highest BCUT2D eigenvalue weighted by Crippen LogP contribution is 2.21. The van der Waals surface area contributed by atoms with E-state index in [9.17, 15) is 14.4 Å². The van der Waals surface area contributed by atoms with Crippen molar-refractivity contribution in [3.05, 3.63) is 0 Å². The van der Waals surface area contributed by atoms with E-state index in [2.05, 4.69) is 10.6 Å². The third kappa shape index (κ3) is 6.01. The molecule has 3 N–H and O–H groups in total. The molecule has 120 valence electrons. The minimum absolute atomic E-state index is 0.186. The Morgan fingerprint density at radius 3 is 2.43 bits per heavy atom. The number of carboxylic acids is 1. The number of carbonyl (C=O) groups is 3. The first-order valence-corrected chi connectivity index (χ1v) is 7.49. The molecule has 1 aliphatic heterocycles. The fourth-order valence-electron chi connectivity index (χ4n) is 2.42. The quantitative estimate of drug-likeness (QED) is 0.675. The predicted octanol–water partition coefficient (Wildman–Crippen LogP) is 0.797. The first-order valence-electron chi connectivity index (χ1n) is 7.49. The van der Waals surface area contributed by atoms with Crippen molar-refractivity contribution in [3.63, 3.8) is 0 Å². The molecule has 0 aromatic carbocycles. The number of carboxylic acid groups (broad SMARTS) is 1. The van der Waals surface area contributed by atoms with Gasteiger partial charge in [0.1, 0.15) is 6.04 Å². The van der Waals surface area contributed by atoms with E-state index in [1.165, 1.54) is 0 Å². The molecular formula is C14H25N3O4. The highest BCUT2D eigenvalue weighted by molar-refractivity contribution is 5.86. The summed E-state index contributed by atoms with van der Waals surface area (Å²) in [5, 5.41) is 14.0. The van der Waals surface area contributed by atoms with Gasteiger partial charge < -0.3 is 20.6 Å². The number of hydrogen-bond acceptors (Lipinski definition) is 3. The molecule has 0 bridgehead atoms. The van der Waals surface area contributed by atoms with Crippen LogP contribution in [0.5, 0.6) is 0 Å². The van der Waals surface area contributed by atoms with Gasteiger partial charge in [0.05, 0.1) is 0 Å². The van der Waals surface area contributed by atoms with Crippen molar-refractivity contribution in [2.75, 3.05) is 19.6 Å². The van der Waals surface area contributed by atoms with E-state index in [1.807, 2.05) is 6.92 Å². The number of likely N-dealkylation sites (N-methyl/N-ethyl adjacent to an activating group) is 1. The Hall–Kier alpha value is -1.79. The number of likely N-dealkylation sites (tertiary alicyclic amines) is 1. The number of hydrogen-bond donors (Lipinski definition) is 3. The Balaban J connectivity index is 2.31. The van der Waals surface area contributed by atoms with Gasteiger partial charge in [0.25, 0.3) is 0 Å². The molecule has 0 aliphatic carbocycles. The van der Waals surface area contributed by atoms with Crippen molar-refractivity contribution < 1.29 is 19.5 Å². The Bertz CT molecular complexity index is 378. The summed E-state index contributed by atoms with van der Waals surface area (Å²) in [5.41, 5.74) is 0. The van der Waals surface area contributed by atoms with Crippen molar-refractivity contribution in [2.45, 2.75) is 45.6 Å². The van der Waals surface area contributed by atoms with Gasteiger partial charge in [-0.25, -0.2) is 4.79 Å². The van der Waals surface area contributed by atoms with Gasteiger partial charge in [0.15, 0.2) is 0 Å². The van der Waals surface area contributed by atoms with Crippen LogP contribution in [0.3, 0.4) is 0 Å². The number of aliphatic carboxylic acids is 1. The van der Waals surface area contributed by atoms with Crippen molar-refractivity contribution in [1.29, 1.82) is 0 Å². The van der Waals surface area contributed by atoms with Crippen LogP contribution in [0.4, 0.5) is 4.79 Å². The van der Waals surface area contributed by atoms with E-state index in [-0.39, 0.29) is 18.4 Å². The number of nitrogens with one attached hydrogen (secondary N) is 2. The van der Waals surface area contributed by atoms with Crippen LogP contribution in [-0.4, -0.2) is 53.6 Å². The summed E-state index contributed by atoms with van der Waals surface area (Å²) < 4.78 is 0. The summed E-state index contributed by atoms with van der Waals surface area (Å²) in [7, 11) is 0. The average Bonchev–Trinajstić information content (AvgIpc) is 2.45. The number of piperidine rings is 1. The van der Waals surface area contributed by atoms with E-state index in [0.29, 0.717) is 32.0 Å². The summed E-state index contributed by atoms with van der Waals surface area (Å²) in [4.78, 5) is 35.8. The summed E-state index contributed by atoms with van der Waals surface area (Å²) in [6.45, 7) is 5.24. The zero-order valence-corrected chi connectivity index (χ0v) is 12.7. The monoisotopic (exact) mass is 299 g/mol. The van der Waals surface area contributed by atoms with Crippen molar-refractivity contribution >= 4 is 17.9 Å². The number of nitrogens with zero attached hydrogens (tertiary/aromatic N) is 1. The molecule has 0 aromatic heterocycles. The fraction of sp³-hybridized carbons (Fsp3) is 0.786. The third-order valence-corrected chi connectivity index (χ3v) is 3.75. The molecule has 7 heteroatoms. The standard InChI is InChI=1S/C14H25N3O4/c1-3-15-13(20)10(2)16-14(21)17-8-6-11(7-9-17)4-5-12(18)19/h10-11H,3-9H2,1-2H3,(H,15,20)(H,16,21)(H,18,19). The van der Waals surface area contributed by atoms with Crippen LogP contribution in [0.2, 0.25) is 0 Å². The van der Waals surface area contributed by atoms with E-state index >= 15 is 0 Å². The van der Waals surface area contributed by atoms with Crippen LogP contribution in [0.25, 0.3) is 0 Å². The Morgan fingerprint density at radius 1 is 1.29 bits per heavy atom. The van der Waals surface area contributed by atoms with Crippen molar-refractivity contribution in [1.82, 2.24) is 15.5 Å². The third-order valence-electron chi connectivity index (χ3n) is 3.75. The molecule has 1 fully saturated rings. The normalized spacial score (nSPS) is 17.1. The maximum Gasteiger partial charge on any atom is 0.318 e. The summed E-state index contributed by atoms with van der Waals surface area (Å²) in [5.74, 6) is -0.598. The van der Waals surface area contributed by atoms with Crippen molar-refractivity contribution in [3.8, 4) is 0 Å². The molecule has 1 rings (SSSR count). The van der Waals surface area contributed by atoms with Gasteiger partial charge in [-0.1, -0.05) is 0 Å². The highest BCUT2D eigenvalue weighted by Gasteiger charge is 2.25. The van der Waals surface area contributed by atoms with Crippen LogP contribution in [0.15, 0.2) is 0 Å². The fourth-order valence-corrected chi connectivity index (χ4v) is 2.42. The topological polar surface area (TPSA) is 98.7 Å². The van der Waals surface area contributed by atoms with E-state index < -0.39 is 12.0 Å². The molecule has 0 saturated carbocycles. The van der Waals surface area contributed by atoms with Crippen LogP contribution in [0.1, 0.15) is 39.5 Å². The van der Waals surface area contributed by atoms with E-state index in [0.717, 1.165) is 12.8 Å². The second kappa shape index (κ2) is 8.49. The van der Waals surface area contributed by atoms with Gasteiger partial charge in [0.2, 0.25) is 5.91 Å². The summed E-state index contributed by atoms with van der Waals surface area (Å²) >= 11 is 0. The number of amides is 3. The SMILES string of the molecule is CCNC(=O)C(C)NC(=O)N1CCC(CCC(=O)O)CC1. The molecule has 7 nitrogen and oxygen atoms in total. The van der Waals surface area contributed by atoms with Gasteiger partial charge in [-0.3, -0.25) is 9.59 Å². The zero-order valence-electron chi connectivity index (χ0n) is 12.7. The summed E-state index contributed by atoms with van der Waals surface area (Å²) in [6.07, 6.45) is 2.48. The Labute approximate surface area is 125 Å². The lowest BCUT2D eigenvalue weighted by molar-refractivity contribution is -0.137. The molecule has 0 radical (unpaired) electrons. The predicted molar refractivity (Wildman–Crippen MR) is 77.8 cm³/mol. The first kappa shape index (κ1) is 17.3. The van der Waals surface area contributed by atoms with Gasteiger partial charge in [-0.05, 0) is 39.0 Å². The van der Waals surface area contributed by atoms with Gasteiger partial charge in [0, 0.05) is 26.1 Å². The minimum Gasteiger partial charge on any atom is -0.481 e. The first-order chi connectivity index (χ1) is 9.93. The van der Waals surface area contributed by atoms with E-state index in [4.69, 9.17) is 5.11 Å². The van der Waals surface area contributed by atoms with Gasteiger partial charge >= 0.3 is 12.0 Å². The molecule has 0 aromatic rings. The van der Waals surface area contributed by atoms with Gasteiger partial charge in [-0.2, -0.15) is 0 Å². The molecule has 1 saturated heterocycles. The van der Waals surface area contributed by atoms with E-state index in [1.54, 1.807) is 11.8 Å². The van der Waals surface area contributed by atoms with Crippen molar-refractivity contribution in [2.24, 2.45) is 5.92 Å². The van der Waals surface area contributed by atoms with Crippen LogP contribution in [-0.2, 0) is 9.59 Å². The molecule has 3 amide bonds. The number of rotatable bonds is 6. The lowest BCUT2D eigenvalue weighted by Crippen LogP contribution is -2.51. The average molecular weight is 299 g/mol. The second-order valence-corrected chi connectivity index (χ2v) is 5.43. The highest BCUT2D eigenvalue weighted by atomic mass is 16.4. The molecule has 0 spiro atoms. The zero-order chi connectivity index (χ0) is 15.8. The van der Waals surface area contributed by atoms with Gasteiger partial charge in [-0.15, -0.1) is 0 Å². The summed E-state index contributed by atoms with van der Waals surface area (Å²) in [6, 6.07) is -0.785. The van der Waals surface area contributed by atoms with Crippen LogP contribution < -0.4 is 10.6 Å². The molecule has 1 atom stereocenters. The second-order valence-electron chi connectivity index (χ2n) is 5.43. The maximum absolute atomic E-state index is 12.0. The minimum atomic E-state index is -0.772. The Kier molecular flexibility index (Phi) is 6.98. The molecule has 1 unspecified atom stereocenters. The lowest BCUT2D eigenvalue weighted by Gasteiger charge is -2.32. The molecule has 1 heterocycles. The van der Waals surface area contributed by atoms with Crippen LogP contribution in [0, 0.1) is 5.92 Å². The molecule has 1 aliphatic rings. The largest absolute Gasteiger partial charge is 0.481 e. The molecular weight excluding hydrogens is 274 g/mol. The lowest BCUT2D eigenvalue weighted by atomic mass is 9.92. The maximum atomic E-state index is 12.0. The number of carbonyl (C=O) groups excluding carboxylic acids is 2. The smallest absolute Gasteiger partial charge is 0.318 e. The Morgan fingerprint density at radius 2 is 1.90 bits per heavy atom. The van der Waals surface area contributed by atoms with Crippen LogP contribution >= 0.6 is 0 Å². The number of urea groups is 1. The molecule has 21 heavy (non-hydrogen) atoms.